The minimum absolute atomic E-state index is 0.0645. The third kappa shape index (κ3) is 4.72. The molecule has 1 N–H and O–H groups in total. The van der Waals surface area contributed by atoms with Gasteiger partial charge in [-0.1, -0.05) is 18.2 Å². The molecule has 2 aromatic rings. The zero-order valence-electron chi connectivity index (χ0n) is 17.9. The number of nitro benzene ring substituents is 1. The fourth-order valence-electron chi connectivity index (χ4n) is 4.53. The number of amides is 1. The van der Waals surface area contributed by atoms with E-state index in [0.29, 0.717) is 24.5 Å². The van der Waals surface area contributed by atoms with Gasteiger partial charge >= 0.3 is 6.18 Å². The summed E-state index contributed by atoms with van der Waals surface area (Å²) in [5.74, 6) is -0.693. The Morgan fingerprint density at radius 2 is 1.76 bits per heavy atom. The van der Waals surface area contributed by atoms with E-state index in [1.54, 1.807) is 23.1 Å². The van der Waals surface area contributed by atoms with Crippen molar-refractivity contribution in [3.63, 3.8) is 0 Å². The largest absolute Gasteiger partial charge is 0.416 e. The number of nitro groups is 1. The lowest BCUT2D eigenvalue weighted by Gasteiger charge is -2.34. The minimum atomic E-state index is -4.69. The molecule has 0 aromatic heterocycles. The van der Waals surface area contributed by atoms with E-state index < -0.39 is 44.1 Å². The first-order chi connectivity index (χ1) is 16.0. The molecular weight excluding hydrogens is 475 g/mol. The van der Waals surface area contributed by atoms with Gasteiger partial charge < -0.3 is 10.2 Å². The molecule has 0 aliphatic carbocycles. The zero-order chi connectivity index (χ0) is 24.7. The Bertz CT molecular complexity index is 1220. The molecular formula is C22H22F3N3O5S. The van der Waals surface area contributed by atoms with E-state index >= 15 is 0 Å². The first-order valence-corrected chi connectivity index (χ1v) is 12.4. The fraction of sp³-hybridized carbons (Fsp3) is 0.409. The van der Waals surface area contributed by atoms with Crippen molar-refractivity contribution in [2.45, 2.75) is 36.4 Å². The van der Waals surface area contributed by atoms with Gasteiger partial charge in [-0.2, -0.15) is 13.2 Å². The second kappa shape index (κ2) is 8.90. The van der Waals surface area contributed by atoms with Gasteiger partial charge in [0.15, 0.2) is 9.84 Å². The number of nitrogens with one attached hydrogen (secondary N) is 1. The Morgan fingerprint density at radius 3 is 2.41 bits per heavy atom. The van der Waals surface area contributed by atoms with Gasteiger partial charge in [-0.25, -0.2) is 8.42 Å². The summed E-state index contributed by atoms with van der Waals surface area (Å²) in [6.07, 6.45) is -3.71. The van der Waals surface area contributed by atoms with Crippen LogP contribution in [0.15, 0.2) is 47.4 Å². The van der Waals surface area contributed by atoms with Crippen molar-refractivity contribution in [2.75, 3.05) is 23.7 Å². The molecule has 12 heteroatoms. The average molecular weight is 497 g/mol. The van der Waals surface area contributed by atoms with Crippen LogP contribution >= 0.6 is 0 Å². The minimum Gasteiger partial charge on any atom is -0.366 e. The van der Waals surface area contributed by atoms with Crippen molar-refractivity contribution < 1.29 is 31.3 Å². The Hall–Kier alpha value is -3.15. The van der Waals surface area contributed by atoms with Crippen molar-refractivity contribution in [2.24, 2.45) is 5.92 Å². The van der Waals surface area contributed by atoms with Gasteiger partial charge in [0.25, 0.3) is 5.69 Å². The highest BCUT2D eigenvalue weighted by Crippen LogP contribution is 2.38. The molecule has 2 aromatic carbocycles. The lowest BCUT2D eigenvalue weighted by Crippen LogP contribution is -2.43. The van der Waals surface area contributed by atoms with Crippen LogP contribution in [0.3, 0.4) is 0 Å². The number of piperidine rings is 1. The summed E-state index contributed by atoms with van der Waals surface area (Å²) in [7, 11) is -3.38. The van der Waals surface area contributed by atoms with Crippen LogP contribution in [0.5, 0.6) is 0 Å². The van der Waals surface area contributed by atoms with Crippen molar-refractivity contribution in [3.8, 4) is 0 Å². The zero-order valence-corrected chi connectivity index (χ0v) is 18.7. The van der Waals surface area contributed by atoms with Gasteiger partial charge in [0.05, 0.1) is 27.2 Å². The van der Waals surface area contributed by atoms with Gasteiger partial charge in [0, 0.05) is 25.1 Å². The molecule has 2 aliphatic heterocycles. The van der Waals surface area contributed by atoms with Crippen LogP contribution in [-0.2, 0) is 20.8 Å². The van der Waals surface area contributed by atoms with Gasteiger partial charge in [-0.3, -0.25) is 14.9 Å². The van der Waals surface area contributed by atoms with Crippen LogP contribution in [0.25, 0.3) is 0 Å². The summed E-state index contributed by atoms with van der Waals surface area (Å²) < 4.78 is 63.5. The number of anilines is 1. The first-order valence-electron chi connectivity index (χ1n) is 10.7. The van der Waals surface area contributed by atoms with Crippen LogP contribution in [0, 0.1) is 16.0 Å². The number of hydrogen-bond donors (Lipinski definition) is 1. The number of rotatable bonds is 4. The highest BCUT2D eigenvalue weighted by molar-refractivity contribution is 7.91. The van der Waals surface area contributed by atoms with Crippen LogP contribution < -0.4 is 10.2 Å². The van der Waals surface area contributed by atoms with Gasteiger partial charge in [0.1, 0.15) is 5.69 Å². The quantitative estimate of drug-likeness (QED) is 0.508. The second-order valence-corrected chi connectivity index (χ2v) is 10.5. The first kappa shape index (κ1) is 24.0. The Morgan fingerprint density at radius 1 is 1.09 bits per heavy atom. The Kier molecular flexibility index (Phi) is 6.28. The molecule has 8 nitrogen and oxygen atoms in total. The normalized spacial score (nSPS) is 20.4. The predicted octanol–water partition coefficient (Wildman–Crippen LogP) is 3.86. The van der Waals surface area contributed by atoms with Gasteiger partial charge in [-0.05, 0) is 43.0 Å². The molecule has 0 saturated carbocycles. The molecule has 34 heavy (non-hydrogen) atoms. The number of carbonyl (C=O) groups is 1. The Balaban J connectivity index is 1.44. The molecule has 0 radical (unpaired) electrons. The van der Waals surface area contributed by atoms with Gasteiger partial charge in [-0.15, -0.1) is 0 Å². The van der Waals surface area contributed by atoms with E-state index in [9.17, 15) is 36.5 Å². The maximum atomic E-state index is 13.0. The smallest absolute Gasteiger partial charge is 0.366 e. The average Bonchev–Trinajstić information content (AvgIpc) is 2.80. The standard InChI is InChI=1S/C22H22F3N3O5S/c23-22(24,25)15-5-6-18(19(13-15)28(30)31)27-10-7-14(8-11-27)21(29)26-17-9-12-34(32,33)20-4-2-1-3-16(17)20/h1-6,13-14,17H,7-12H2,(H,26,29). The molecule has 1 unspecified atom stereocenters. The van der Waals surface area contributed by atoms with E-state index in [4.69, 9.17) is 0 Å². The van der Waals surface area contributed by atoms with E-state index in [1.807, 2.05) is 0 Å². The number of nitrogens with zero attached hydrogens (tertiary/aromatic N) is 2. The molecule has 2 aliphatic rings. The highest BCUT2D eigenvalue weighted by Gasteiger charge is 2.36. The van der Waals surface area contributed by atoms with Crippen LogP contribution in [0.4, 0.5) is 24.5 Å². The predicted molar refractivity (Wildman–Crippen MR) is 117 cm³/mol. The molecule has 0 bridgehead atoms. The van der Waals surface area contributed by atoms with E-state index in [0.717, 1.165) is 12.1 Å². The number of fused-ring (bicyclic) bond motifs is 1. The third-order valence-electron chi connectivity index (χ3n) is 6.33. The summed E-state index contributed by atoms with van der Waals surface area (Å²) >= 11 is 0. The summed E-state index contributed by atoms with van der Waals surface area (Å²) in [5, 5.41) is 14.3. The molecule has 4 rings (SSSR count). The molecule has 1 amide bonds. The number of alkyl halides is 3. The lowest BCUT2D eigenvalue weighted by atomic mass is 9.94. The summed E-state index contributed by atoms with van der Waals surface area (Å²) in [6.45, 7) is 0.528. The topological polar surface area (TPSA) is 110 Å². The Labute approximate surface area is 193 Å². The molecule has 0 spiro atoms. The summed E-state index contributed by atoms with van der Waals surface area (Å²) in [5.41, 5.74) is -1.08. The van der Waals surface area contributed by atoms with E-state index in [-0.39, 0.29) is 41.8 Å². The molecule has 1 atom stereocenters. The van der Waals surface area contributed by atoms with Crippen molar-refractivity contribution in [1.82, 2.24) is 5.32 Å². The van der Waals surface area contributed by atoms with E-state index in [1.165, 1.54) is 6.07 Å². The van der Waals surface area contributed by atoms with Crippen LogP contribution in [0.1, 0.15) is 36.4 Å². The summed E-state index contributed by atoms with van der Waals surface area (Å²) in [6, 6.07) is 8.58. The third-order valence-corrected chi connectivity index (χ3v) is 8.14. The lowest BCUT2D eigenvalue weighted by molar-refractivity contribution is -0.384. The SMILES string of the molecule is O=C(NC1CCS(=O)(=O)c2ccccc21)C1CCN(c2ccc(C(F)(F)F)cc2[N+](=O)[O-])CC1. The van der Waals surface area contributed by atoms with Crippen LogP contribution in [0.2, 0.25) is 0 Å². The van der Waals surface area contributed by atoms with Gasteiger partial charge in [0.2, 0.25) is 5.91 Å². The van der Waals surface area contributed by atoms with E-state index in [2.05, 4.69) is 5.32 Å². The van der Waals surface area contributed by atoms with Crippen molar-refractivity contribution >= 4 is 27.1 Å². The molecule has 1 saturated heterocycles. The molecule has 2 heterocycles. The fourth-order valence-corrected chi connectivity index (χ4v) is 6.15. The number of benzene rings is 2. The highest BCUT2D eigenvalue weighted by atomic mass is 32.2. The van der Waals surface area contributed by atoms with Crippen molar-refractivity contribution in [1.29, 1.82) is 0 Å². The summed E-state index contributed by atoms with van der Waals surface area (Å²) in [4.78, 5) is 25.3. The van der Waals surface area contributed by atoms with Crippen molar-refractivity contribution in [3.05, 3.63) is 63.7 Å². The number of hydrogen-bond acceptors (Lipinski definition) is 6. The molecule has 1 fully saturated rings. The van der Waals surface area contributed by atoms with Crippen LogP contribution in [-0.4, -0.2) is 38.1 Å². The number of sulfone groups is 1. The number of carbonyl (C=O) groups excluding carboxylic acids is 1. The number of halogens is 3. The maximum absolute atomic E-state index is 13.0. The monoisotopic (exact) mass is 497 g/mol. The maximum Gasteiger partial charge on any atom is 0.416 e. The second-order valence-electron chi connectivity index (χ2n) is 8.43. The molecule has 182 valence electrons.